The zero-order valence-corrected chi connectivity index (χ0v) is 15.1. The quantitative estimate of drug-likeness (QED) is 0.885. The maximum atomic E-state index is 12.7. The number of nitrogens with zero attached hydrogens (tertiary/aromatic N) is 2. The van der Waals surface area contributed by atoms with Crippen LogP contribution in [0.2, 0.25) is 0 Å². The number of hydrogen-bond donors (Lipinski definition) is 1. The van der Waals surface area contributed by atoms with Crippen LogP contribution in [-0.2, 0) is 20.8 Å². The minimum Gasteiger partial charge on any atom is -0.491 e. The van der Waals surface area contributed by atoms with Gasteiger partial charge in [-0.25, -0.2) is 0 Å². The highest BCUT2D eigenvalue weighted by atomic mass is 16.5. The van der Waals surface area contributed by atoms with Gasteiger partial charge in [0.2, 0.25) is 17.7 Å². The van der Waals surface area contributed by atoms with Gasteiger partial charge in [-0.2, -0.15) is 0 Å². The summed E-state index contributed by atoms with van der Waals surface area (Å²) in [7, 11) is 0. The van der Waals surface area contributed by atoms with Crippen LogP contribution in [0.15, 0.2) is 18.2 Å². The van der Waals surface area contributed by atoms with E-state index in [2.05, 4.69) is 5.32 Å². The van der Waals surface area contributed by atoms with Crippen LogP contribution in [0.1, 0.15) is 31.7 Å². The zero-order chi connectivity index (χ0) is 18.5. The van der Waals surface area contributed by atoms with Gasteiger partial charge in [0, 0.05) is 32.6 Å². The lowest BCUT2D eigenvalue weighted by Gasteiger charge is -2.22. The molecule has 0 radical (unpaired) electrons. The summed E-state index contributed by atoms with van der Waals surface area (Å²) in [6.07, 6.45) is 1.89. The van der Waals surface area contributed by atoms with Gasteiger partial charge in [-0.3, -0.25) is 14.4 Å². The lowest BCUT2D eigenvalue weighted by molar-refractivity contribution is -0.133. The second-order valence-corrected chi connectivity index (χ2v) is 6.62. The van der Waals surface area contributed by atoms with Gasteiger partial charge in [-0.05, 0) is 24.1 Å². The number of carbonyl (C=O) groups excluding carboxylic acids is 3. The highest BCUT2D eigenvalue weighted by Crippen LogP contribution is 2.28. The fraction of sp³-hybridized carbons (Fsp3) is 0.526. The Hall–Kier alpha value is -2.57. The number of rotatable bonds is 3. The molecule has 1 aromatic rings. The van der Waals surface area contributed by atoms with E-state index in [9.17, 15) is 14.4 Å². The van der Waals surface area contributed by atoms with Crippen molar-refractivity contribution in [2.75, 3.05) is 38.1 Å². The minimum absolute atomic E-state index is 0.0385. The summed E-state index contributed by atoms with van der Waals surface area (Å²) in [4.78, 5) is 39.9. The number of nitrogens with one attached hydrogen (secondary N) is 1. The number of anilines is 1. The molecule has 0 atom stereocenters. The molecular formula is C19H25N3O4. The molecule has 0 aromatic heterocycles. The van der Waals surface area contributed by atoms with Crippen LogP contribution in [0.5, 0.6) is 5.75 Å². The van der Waals surface area contributed by atoms with Crippen molar-refractivity contribution in [1.82, 2.24) is 9.80 Å². The predicted molar refractivity (Wildman–Crippen MR) is 97.0 cm³/mol. The Kier molecular flexibility index (Phi) is 5.75. The molecule has 1 saturated heterocycles. The Labute approximate surface area is 153 Å². The number of amides is 3. The molecule has 0 saturated carbocycles. The summed E-state index contributed by atoms with van der Waals surface area (Å²) in [6, 6.07) is 5.47. The van der Waals surface area contributed by atoms with E-state index in [0.717, 1.165) is 12.0 Å². The van der Waals surface area contributed by atoms with E-state index in [1.54, 1.807) is 12.1 Å². The number of benzene rings is 1. The van der Waals surface area contributed by atoms with Crippen LogP contribution in [0, 0.1) is 0 Å². The molecule has 1 fully saturated rings. The van der Waals surface area contributed by atoms with Gasteiger partial charge in [0.05, 0.1) is 25.1 Å². The van der Waals surface area contributed by atoms with Crippen molar-refractivity contribution in [2.45, 2.75) is 32.6 Å². The Morgan fingerprint density at radius 2 is 1.85 bits per heavy atom. The van der Waals surface area contributed by atoms with E-state index >= 15 is 0 Å². The number of carbonyl (C=O) groups is 3. The van der Waals surface area contributed by atoms with Crippen molar-refractivity contribution in [3.63, 3.8) is 0 Å². The molecule has 0 aliphatic carbocycles. The highest BCUT2D eigenvalue weighted by Gasteiger charge is 2.22. The number of ether oxygens (including phenoxy) is 1. The average Bonchev–Trinajstić information content (AvgIpc) is 2.98. The highest BCUT2D eigenvalue weighted by molar-refractivity contribution is 5.93. The van der Waals surface area contributed by atoms with Crippen molar-refractivity contribution in [3.05, 3.63) is 23.8 Å². The molecule has 0 bridgehead atoms. The van der Waals surface area contributed by atoms with E-state index in [4.69, 9.17) is 4.74 Å². The van der Waals surface area contributed by atoms with E-state index < -0.39 is 0 Å². The van der Waals surface area contributed by atoms with Gasteiger partial charge in [0.25, 0.3) is 0 Å². The normalized spacial score (nSPS) is 17.5. The van der Waals surface area contributed by atoms with E-state index in [-0.39, 0.29) is 24.1 Å². The molecule has 140 valence electrons. The third-order valence-corrected chi connectivity index (χ3v) is 4.76. The molecular weight excluding hydrogens is 334 g/mol. The van der Waals surface area contributed by atoms with Gasteiger partial charge in [-0.1, -0.05) is 13.0 Å². The van der Waals surface area contributed by atoms with Crippen LogP contribution in [-0.4, -0.2) is 60.3 Å². The van der Waals surface area contributed by atoms with Crippen LogP contribution in [0.25, 0.3) is 0 Å². The fourth-order valence-electron chi connectivity index (χ4n) is 3.30. The Bertz CT molecular complexity index is 704. The molecule has 2 aliphatic rings. The first kappa shape index (κ1) is 18.2. The van der Waals surface area contributed by atoms with Crippen LogP contribution >= 0.6 is 0 Å². The fourth-order valence-corrected chi connectivity index (χ4v) is 3.30. The van der Waals surface area contributed by atoms with E-state index in [1.165, 1.54) is 0 Å². The Morgan fingerprint density at radius 3 is 2.58 bits per heavy atom. The molecule has 2 aliphatic heterocycles. The van der Waals surface area contributed by atoms with Crippen molar-refractivity contribution < 1.29 is 19.1 Å². The van der Waals surface area contributed by atoms with Crippen molar-refractivity contribution in [2.24, 2.45) is 0 Å². The maximum absolute atomic E-state index is 12.7. The lowest BCUT2D eigenvalue weighted by Crippen LogP contribution is -2.37. The van der Waals surface area contributed by atoms with Crippen LogP contribution < -0.4 is 10.1 Å². The molecule has 7 heteroatoms. The molecule has 7 nitrogen and oxygen atoms in total. The summed E-state index contributed by atoms with van der Waals surface area (Å²) in [5, 5.41) is 2.82. The molecule has 1 aromatic carbocycles. The van der Waals surface area contributed by atoms with Gasteiger partial charge >= 0.3 is 0 Å². The Morgan fingerprint density at radius 1 is 1.12 bits per heavy atom. The van der Waals surface area contributed by atoms with E-state index in [1.807, 2.05) is 22.8 Å². The first-order valence-corrected chi connectivity index (χ1v) is 9.18. The average molecular weight is 359 g/mol. The van der Waals surface area contributed by atoms with Gasteiger partial charge in [0.15, 0.2) is 0 Å². The van der Waals surface area contributed by atoms with Crippen molar-refractivity contribution in [3.8, 4) is 5.75 Å². The standard InChI is InChI=1S/C19H25N3O4/c1-2-18(24)21-7-3-8-22(10-9-21)19(25)13-14-4-5-16-15(12-14)20-17(23)6-11-26-16/h4-5,12H,2-3,6-11,13H2,1H3,(H,20,23). The monoisotopic (exact) mass is 359 g/mol. The molecule has 26 heavy (non-hydrogen) atoms. The summed E-state index contributed by atoms with van der Waals surface area (Å²) < 4.78 is 5.54. The van der Waals surface area contributed by atoms with Gasteiger partial charge < -0.3 is 19.9 Å². The zero-order valence-electron chi connectivity index (χ0n) is 15.1. The molecule has 1 N–H and O–H groups in total. The minimum atomic E-state index is -0.0829. The summed E-state index contributed by atoms with van der Waals surface area (Å²) in [6.45, 7) is 4.74. The molecule has 0 unspecified atom stereocenters. The third kappa shape index (κ3) is 4.33. The van der Waals surface area contributed by atoms with Crippen LogP contribution in [0.4, 0.5) is 5.69 Å². The first-order chi connectivity index (χ1) is 12.6. The van der Waals surface area contributed by atoms with Crippen molar-refractivity contribution >= 4 is 23.4 Å². The SMILES string of the molecule is CCC(=O)N1CCCN(C(=O)Cc2ccc3c(c2)NC(=O)CCO3)CC1. The van der Waals surface area contributed by atoms with Crippen LogP contribution in [0.3, 0.4) is 0 Å². The smallest absolute Gasteiger partial charge is 0.227 e. The third-order valence-electron chi connectivity index (χ3n) is 4.76. The van der Waals surface area contributed by atoms with Crippen molar-refractivity contribution in [1.29, 1.82) is 0 Å². The Balaban J connectivity index is 1.63. The number of hydrogen-bond acceptors (Lipinski definition) is 4. The molecule has 0 spiro atoms. The molecule has 3 rings (SSSR count). The summed E-state index contributed by atoms with van der Waals surface area (Å²) in [5.74, 6) is 0.730. The second-order valence-electron chi connectivity index (χ2n) is 6.62. The topological polar surface area (TPSA) is 79.0 Å². The predicted octanol–water partition coefficient (Wildman–Crippen LogP) is 1.42. The van der Waals surface area contributed by atoms with E-state index in [0.29, 0.717) is 57.1 Å². The summed E-state index contributed by atoms with van der Waals surface area (Å²) in [5.41, 5.74) is 1.46. The lowest BCUT2D eigenvalue weighted by atomic mass is 10.1. The van der Waals surface area contributed by atoms with Gasteiger partial charge in [0.1, 0.15) is 5.75 Å². The van der Waals surface area contributed by atoms with Gasteiger partial charge in [-0.15, -0.1) is 0 Å². The first-order valence-electron chi connectivity index (χ1n) is 9.18. The largest absolute Gasteiger partial charge is 0.491 e. The summed E-state index contributed by atoms with van der Waals surface area (Å²) >= 11 is 0. The molecule has 2 heterocycles. The molecule has 3 amide bonds. The second kappa shape index (κ2) is 8.21. The number of fused-ring (bicyclic) bond motifs is 1. The maximum Gasteiger partial charge on any atom is 0.227 e.